The molecule has 0 unspecified atom stereocenters. The third kappa shape index (κ3) is 4.33. The van der Waals surface area contributed by atoms with E-state index in [0.717, 1.165) is 0 Å². The second-order valence-corrected chi connectivity index (χ2v) is 6.25. The number of halogens is 2. The summed E-state index contributed by atoms with van der Waals surface area (Å²) in [4.78, 5) is 11.9. The Morgan fingerprint density at radius 2 is 2.19 bits per heavy atom. The lowest BCUT2D eigenvalue weighted by molar-refractivity contribution is -0.113. The number of carbonyl (C=O) groups is 1. The van der Waals surface area contributed by atoms with Crippen molar-refractivity contribution in [2.45, 2.75) is 25.0 Å². The van der Waals surface area contributed by atoms with Crippen LogP contribution >= 0.6 is 35.0 Å². The van der Waals surface area contributed by atoms with Crippen molar-refractivity contribution in [1.29, 1.82) is 0 Å². The van der Waals surface area contributed by atoms with E-state index in [4.69, 9.17) is 23.2 Å². The van der Waals surface area contributed by atoms with Gasteiger partial charge in [-0.15, -0.1) is 5.10 Å². The Kier molecular flexibility index (Phi) is 5.44. The molecule has 1 aromatic carbocycles. The molecule has 9 heteroatoms. The molecule has 0 saturated heterocycles. The average Bonchev–Trinajstić information content (AvgIpc) is 2.89. The summed E-state index contributed by atoms with van der Waals surface area (Å²) in [6.07, 6.45) is 0. The van der Waals surface area contributed by atoms with Crippen LogP contribution in [0.2, 0.25) is 10.0 Å². The number of anilines is 1. The van der Waals surface area contributed by atoms with Gasteiger partial charge < -0.3 is 5.32 Å². The summed E-state index contributed by atoms with van der Waals surface area (Å²) in [5, 5.41) is 15.6. The Hall–Kier alpha value is -1.31. The van der Waals surface area contributed by atoms with Crippen LogP contribution in [-0.4, -0.2) is 31.9 Å². The summed E-state index contributed by atoms with van der Waals surface area (Å²) in [6.45, 7) is 3.93. The molecule has 6 nitrogen and oxygen atoms in total. The van der Waals surface area contributed by atoms with Crippen LogP contribution in [0.3, 0.4) is 0 Å². The quantitative estimate of drug-likeness (QED) is 0.841. The molecule has 1 N–H and O–H groups in total. The Morgan fingerprint density at radius 1 is 1.43 bits per heavy atom. The van der Waals surface area contributed by atoms with Crippen molar-refractivity contribution < 1.29 is 4.79 Å². The predicted molar refractivity (Wildman–Crippen MR) is 84.0 cm³/mol. The van der Waals surface area contributed by atoms with Crippen molar-refractivity contribution in [1.82, 2.24) is 20.2 Å². The van der Waals surface area contributed by atoms with Crippen LogP contribution in [-0.2, 0) is 4.79 Å². The number of aromatic nitrogens is 4. The first kappa shape index (κ1) is 16.1. The van der Waals surface area contributed by atoms with E-state index >= 15 is 0 Å². The van der Waals surface area contributed by atoms with Gasteiger partial charge in [0.05, 0.1) is 22.5 Å². The van der Waals surface area contributed by atoms with Crippen LogP contribution < -0.4 is 5.32 Å². The van der Waals surface area contributed by atoms with Crippen molar-refractivity contribution in [3.63, 3.8) is 0 Å². The topological polar surface area (TPSA) is 72.7 Å². The molecule has 0 aliphatic rings. The number of nitrogens with one attached hydrogen (secondary N) is 1. The largest absolute Gasteiger partial charge is 0.324 e. The average molecular weight is 346 g/mol. The van der Waals surface area contributed by atoms with Gasteiger partial charge in [0.1, 0.15) is 0 Å². The number of carbonyl (C=O) groups excluding carboxylic acids is 1. The van der Waals surface area contributed by atoms with Crippen molar-refractivity contribution in [2.24, 2.45) is 0 Å². The van der Waals surface area contributed by atoms with Crippen LogP contribution in [0, 0.1) is 0 Å². The van der Waals surface area contributed by atoms with Crippen molar-refractivity contribution >= 4 is 46.6 Å². The molecule has 0 saturated carbocycles. The number of nitrogens with zero attached hydrogens (tertiary/aromatic N) is 4. The molecule has 0 bridgehead atoms. The molecule has 21 heavy (non-hydrogen) atoms. The van der Waals surface area contributed by atoms with Crippen LogP contribution in [0.15, 0.2) is 23.4 Å². The van der Waals surface area contributed by atoms with Gasteiger partial charge in [0.25, 0.3) is 0 Å². The van der Waals surface area contributed by atoms with Crippen LogP contribution in [0.25, 0.3) is 0 Å². The number of hydrogen-bond acceptors (Lipinski definition) is 5. The minimum atomic E-state index is -0.206. The van der Waals surface area contributed by atoms with Gasteiger partial charge in [0.2, 0.25) is 11.1 Å². The monoisotopic (exact) mass is 345 g/mol. The maximum absolute atomic E-state index is 11.9. The molecule has 1 heterocycles. The van der Waals surface area contributed by atoms with Crippen LogP contribution in [0.1, 0.15) is 19.9 Å². The van der Waals surface area contributed by atoms with Gasteiger partial charge in [-0.05, 0) is 42.5 Å². The van der Waals surface area contributed by atoms with Crippen LogP contribution in [0.5, 0.6) is 0 Å². The first-order chi connectivity index (χ1) is 9.97. The van der Waals surface area contributed by atoms with Gasteiger partial charge in [-0.1, -0.05) is 35.0 Å². The number of tetrazole rings is 1. The number of amides is 1. The fourth-order valence-corrected chi connectivity index (χ4v) is 2.66. The third-order valence-electron chi connectivity index (χ3n) is 2.49. The minimum Gasteiger partial charge on any atom is -0.324 e. The normalized spacial score (nSPS) is 10.9. The van der Waals surface area contributed by atoms with E-state index in [1.807, 2.05) is 13.8 Å². The fraction of sp³-hybridized carbons (Fsp3) is 0.333. The summed E-state index contributed by atoms with van der Waals surface area (Å²) >= 11 is 13.1. The predicted octanol–water partition coefficient (Wildman–Crippen LogP) is 3.29. The first-order valence-corrected chi connectivity index (χ1v) is 7.87. The molecular formula is C12H13Cl2N5OS. The van der Waals surface area contributed by atoms with E-state index < -0.39 is 0 Å². The highest BCUT2D eigenvalue weighted by Crippen LogP contribution is 2.26. The highest BCUT2D eigenvalue weighted by molar-refractivity contribution is 7.99. The lowest BCUT2D eigenvalue weighted by Gasteiger charge is -2.08. The van der Waals surface area contributed by atoms with E-state index in [9.17, 15) is 4.79 Å². The zero-order valence-corrected chi connectivity index (χ0v) is 13.7. The van der Waals surface area contributed by atoms with Gasteiger partial charge in [0, 0.05) is 5.02 Å². The first-order valence-electron chi connectivity index (χ1n) is 6.13. The van der Waals surface area contributed by atoms with Gasteiger partial charge in [-0.2, -0.15) is 0 Å². The maximum Gasteiger partial charge on any atom is 0.234 e. The van der Waals surface area contributed by atoms with Crippen molar-refractivity contribution in [3.05, 3.63) is 28.2 Å². The van der Waals surface area contributed by atoms with Crippen LogP contribution in [0.4, 0.5) is 5.69 Å². The number of benzene rings is 1. The second-order valence-electron chi connectivity index (χ2n) is 4.46. The van der Waals surface area contributed by atoms with Gasteiger partial charge in [0.15, 0.2) is 0 Å². The molecule has 0 aliphatic carbocycles. The van der Waals surface area contributed by atoms with E-state index in [2.05, 4.69) is 20.8 Å². The molecule has 112 valence electrons. The molecule has 2 aromatic rings. The Balaban J connectivity index is 1.96. The second kappa shape index (κ2) is 7.11. The molecular weight excluding hydrogens is 333 g/mol. The Bertz CT molecular complexity index is 646. The molecule has 1 amide bonds. The summed E-state index contributed by atoms with van der Waals surface area (Å²) < 4.78 is 1.66. The number of thioether (sulfide) groups is 1. The van der Waals surface area contributed by atoms with E-state index in [-0.39, 0.29) is 17.7 Å². The molecule has 0 atom stereocenters. The van der Waals surface area contributed by atoms with E-state index in [0.29, 0.717) is 20.9 Å². The van der Waals surface area contributed by atoms with Gasteiger partial charge >= 0.3 is 0 Å². The number of hydrogen-bond donors (Lipinski definition) is 1. The lowest BCUT2D eigenvalue weighted by atomic mass is 10.3. The molecule has 2 rings (SSSR count). The summed E-state index contributed by atoms with van der Waals surface area (Å²) in [6, 6.07) is 5.02. The highest BCUT2D eigenvalue weighted by atomic mass is 35.5. The van der Waals surface area contributed by atoms with E-state index in [1.165, 1.54) is 11.8 Å². The van der Waals surface area contributed by atoms with Crippen molar-refractivity contribution in [2.75, 3.05) is 11.1 Å². The zero-order chi connectivity index (χ0) is 15.4. The molecule has 1 aromatic heterocycles. The Labute approximate surface area is 136 Å². The SMILES string of the molecule is CC(C)n1nnnc1SCC(=O)Nc1cc(Cl)ccc1Cl. The maximum atomic E-state index is 11.9. The molecule has 0 fully saturated rings. The lowest BCUT2D eigenvalue weighted by Crippen LogP contribution is -2.15. The number of rotatable bonds is 5. The third-order valence-corrected chi connectivity index (χ3v) is 3.98. The summed E-state index contributed by atoms with van der Waals surface area (Å²) in [5.74, 6) is -0.0295. The van der Waals surface area contributed by atoms with Crippen molar-refractivity contribution in [3.8, 4) is 0 Å². The zero-order valence-electron chi connectivity index (χ0n) is 11.4. The minimum absolute atomic E-state index is 0.132. The van der Waals surface area contributed by atoms with Gasteiger partial charge in [-0.3, -0.25) is 4.79 Å². The molecule has 0 aliphatic heterocycles. The molecule has 0 spiro atoms. The smallest absolute Gasteiger partial charge is 0.234 e. The van der Waals surface area contributed by atoms with E-state index in [1.54, 1.807) is 22.9 Å². The standard InChI is InChI=1S/C12H13Cl2N5OS/c1-7(2)19-12(16-17-18-19)21-6-11(20)15-10-5-8(13)3-4-9(10)14/h3-5,7H,6H2,1-2H3,(H,15,20). The fourth-order valence-electron chi connectivity index (χ4n) is 1.51. The van der Waals surface area contributed by atoms with Gasteiger partial charge in [-0.25, -0.2) is 4.68 Å². The molecule has 0 radical (unpaired) electrons. The Morgan fingerprint density at radius 3 is 2.90 bits per heavy atom. The summed E-state index contributed by atoms with van der Waals surface area (Å²) in [7, 11) is 0. The summed E-state index contributed by atoms with van der Waals surface area (Å²) in [5.41, 5.74) is 0.484. The highest BCUT2D eigenvalue weighted by Gasteiger charge is 2.13.